The van der Waals surface area contributed by atoms with Gasteiger partial charge in [0.25, 0.3) is 0 Å². The summed E-state index contributed by atoms with van der Waals surface area (Å²) >= 11 is 0. The maximum absolute atomic E-state index is 13.2. The van der Waals surface area contributed by atoms with Gasteiger partial charge < -0.3 is 14.4 Å². The van der Waals surface area contributed by atoms with Crippen molar-refractivity contribution in [3.63, 3.8) is 0 Å². The second-order valence-electron chi connectivity index (χ2n) is 7.20. The third kappa shape index (κ3) is 4.06. The summed E-state index contributed by atoms with van der Waals surface area (Å²) in [6, 6.07) is 25.6. The molecule has 1 aliphatic rings. The molecule has 5 nitrogen and oxygen atoms in total. The van der Waals surface area contributed by atoms with Crippen molar-refractivity contribution in [2.24, 2.45) is 5.92 Å². The highest BCUT2D eigenvalue weighted by Gasteiger charge is 2.42. The van der Waals surface area contributed by atoms with Crippen LogP contribution < -0.4 is 14.4 Å². The largest absolute Gasteiger partial charge is 0.497 e. The number of rotatable bonds is 5. The molecule has 5 heteroatoms. The Hall–Kier alpha value is -3.60. The molecular formula is C25H23NO4. The zero-order valence-corrected chi connectivity index (χ0v) is 16.7. The molecule has 2 atom stereocenters. The molecule has 0 aromatic heterocycles. The maximum Gasteiger partial charge on any atom is 0.316 e. The van der Waals surface area contributed by atoms with Gasteiger partial charge in [-0.25, -0.2) is 0 Å². The molecule has 1 amide bonds. The van der Waals surface area contributed by atoms with Crippen molar-refractivity contribution >= 4 is 17.6 Å². The Morgan fingerprint density at radius 1 is 0.867 bits per heavy atom. The van der Waals surface area contributed by atoms with Gasteiger partial charge in [-0.3, -0.25) is 9.59 Å². The van der Waals surface area contributed by atoms with Crippen molar-refractivity contribution in [1.82, 2.24) is 0 Å². The number of hydrogen-bond donors (Lipinski definition) is 0. The lowest BCUT2D eigenvalue weighted by Gasteiger charge is -2.40. The summed E-state index contributed by atoms with van der Waals surface area (Å²) in [4.78, 5) is 27.9. The number of hydrogen-bond acceptors (Lipinski definition) is 4. The number of esters is 1. The van der Waals surface area contributed by atoms with Crippen molar-refractivity contribution in [2.75, 3.05) is 12.0 Å². The number of carbonyl (C=O) groups excluding carboxylic acids is 2. The molecule has 0 unspecified atom stereocenters. The van der Waals surface area contributed by atoms with E-state index in [9.17, 15) is 9.59 Å². The minimum absolute atomic E-state index is 0.0159. The molecule has 0 spiro atoms. The van der Waals surface area contributed by atoms with E-state index in [0.29, 0.717) is 17.9 Å². The fraction of sp³-hybridized carbons (Fsp3) is 0.200. The van der Waals surface area contributed by atoms with Crippen LogP contribution in [0.3, 0.4) is 0 Å². The lowest BCUT2D eigenvalue weighted by molar-refractivity contribution is -0.141. The Balaban J connectivity index is 1.71. The van der Waals surface area contributed by atoms with Crippen molar-refractivity contribution in [3.8, 4) is 11.5 Å². The number of ether oxygens (including phenoxy) is 2. The van der Waals surface area contributed by atoms with Crippen LogP contribution in [0.2, 0.25) is 0 Å². The summed E-state index contributed by atoms with van der Waals surface area (Å²) in [5.41, 5.74) is 1.63. The van der Waals surface area contributed by atoms with Gasteiger partial charge in [0.15, 0.2) is 0 Å². The lowest BCUT2D eigenvalue weighted by atomic mass is 9.84. The van der Waals surface area contributed by atoms with E-state index in [1.165, 1.54) is 0 Å². The van der Waals surface area contributed by atoms with E-state index in [0.717, 1.165) is 11.3 Å². The van der Waals surface area contributed by atoms with Crippen molar-refractivity contribution in [3.05, 3.63) is 90.5 Å². The summed E-state index contributed by atoms with van der Waals surface area (Å²) < 4.78 is 10.9. The fourth-order valence-electron chi connectivity index (χ4n) is 3.90. The lowest BCUT2D eigenvalue weighted by Crippen LogP contribution is -2.46. The van der Waals surface area contributed by atoms with Gasteiger partial charge in [0.05, 0.1) is 19.1 Å². The number of carbonyl (C=O) groups is 2. The van der Waals surface area contributed by atoms with Gasteiger partial charge in [-0.05, 0) is 48.4 Å². The van der Waals surface area contributed by atoms with Crippen molar-refractivity contribution in [1.29, 1.82) is 0 Å². The molecule has 0 saturated carbocycles. The van der Waals surface area contributed by atoms with Crippen LogP contribution in [0.4, 0.5) is 5.69 Å². The molecule has 0 aliphatic carbocycles. The Morgan fingerprint density at radius 3 is 2.13 bits per heavy atom. The smallest absolute Gasteiger partial charge is 0.316 e. The van der Waals surface area contributed by atoms with E-state index < -0.39 is 12.0 Å². The molecule has 1 heterocycles. The quantitative estimate of drug-likeness (QED) is 0.456. The first-order valence-electron chi connectivity index (χ1n) is 9.95. The average Bonchev–Trinajstić information content (AvgIpc) is 2.80. The van der Waals surface area contributed by atoms with Crippen molar-refractivity contribution < 1.29 is 19.1 Å². The molecule has 1 saturated heterocycles. The van der Waals surface area contributed by atoms with Gasteiger partial charge >= 0.3 is 5.97 Å². The first-order chi connectivity index (χ1) is 14.7. The summed E-state index contributed by atoms with van der Waals surface area (Å²) in [5.74, 6) is 0.382. The minimum atomic E-state index is -0.479. The molecule has 0 radical (unpaired) electrons. The van der Waals surface area contributed by atoms with Gasteiger partial charge in [0, 0.05) is 12.1 Å². The molecule has 0 N–H and O–H groups in total. The van der Waals surface area contributed by atoms with E-state index in [4.69, 9.17) is 9.47 Å². The highest BCUT2D eigenvalue weighted by molar-refractivity contribution is 5.97. The number of para-hydroxylation sites is 1. The fourth-order valence-corrected chi connectivity index (χ4v) is 3.90. The maximum atomic E-state index is 13.2. The Bertz CT molecular complexity index is 1000. The third-order valence-electron chi connectivity index (χ3n) is 5.35. The number of anilines is 1. The average molecular weight is 401 g/mol. The first-order valence-corrected chi connectivity index (χ1v) is 9.95. The van der Waals surface area contributed by atoms with Crippen LogP contribution in [0, 0.1) is 5.92 Å². The zero-order chi connectivity index (χ0) is 20.9. The zero-order valence-electron chi connectivity index (χ0n) is 16.7. The van der Waals surface area contributed by atoms with Gasteiger partial charge in [-0.1, -0.05) is 48.5 Å². The van der Waals surface area contributed by atoms with Gasteiger partial charge in [0.2, 0.25) is 5.91 Å². The van der Waals surface area contributed by atoms with E-state index in [2.05, 4.69) is 0 Å². The third-order valence-corrected chi connectivity index (χ3v) is 5.35. The Labute approximate surface area is 175 Å². The van der Waals surface area contributed by atoms with E-state index in [-0.39, 0.29) is 18.3 Å². The summed E-state index contributed by atoms with van der Waals surface area (Å²) in [6.07, 6.45) is 0.723. The number of amides is 1. The predicted octanol–water partition coefficient (Wildman–Crippen LogP) is 4.79. The summed E-state index contributed by atoms with van der Waals surface area (Å²) in [5, 5.41) is 0. The molecular weight excluding hydrogens is 378 g/mol. The standard InChI is InChI=1S/C25H23NO4/c1-29-20-14-12-19(13-15-20)26-23(27)17-16-22(24(26)18-8-4-2-5-9-18)25(28)30-21-10-6-3-7-11-21/h2-15,22,24H,16-17H2,1H3/t22-,24+/m1/s1. The number of methoxy groups -OCH3 is 1. The van der Waals surface area contributed by atoms with Crippen LogP contribution in [0.25, 0.3) is 0 Å². The van der Waals surface area contributed by atoms with Gasteiger partial charge in [-0.2, -0.15) is 0 Å². The molecule has 1 fully saturated rings. The highest BCUT2D eigenvalue weighted by Crippen LogP contribution is 2.41. The van der Waals surface area contributed by atoms with Crippen molar-refractivity contribution in [2.45, 2.75) is 18.9 Å². The van der Waals surface area contributed by atoms with E-state index in [1.54, 1.807) is 24.1 Å². The molecule has 1 aliphatic heterocycles. The first kappa shape index (κ1) is 19.7. The van der Waals surface area contributed by atoms with Crippen LogP contribution in [0.1, 0.15) is 24.4 Å². The monoisotopic (exact) mass is 401 g/mol. The van der Waals surface area contributed by atoms with Crippen LogP contribution >= 0.6 is 0 Å². The molecule has 0 bridgehead atoms. The van der Waals surface area contributed by atoms with Crippen LogP contribution in [-0.4, -0.2) is 19.0 Å². The summed E-state index contributed by atoms with van der Waals surface area (Å²) in [6.45, 7) is 0. The minimum Gasteiger partial charge on any atom is -0.497 e. The van der Waals surface area contributed by atoms with E-state index in [1.807, 2.05) is 72.8 Å². The summed E-state index contributed by atoms with van der Waals surface area (Å²) in [7, 11) is 1.60. The number of piperidine rings is 1. The predicted molar refractivity (Wildman–Crippen MR) is 114 cm³/mol. The SMILES string of the molecule is COc1ccc(N2C(=O)CC[C@@H](C(=O)Oc3ccccc3)[C@@H]2c2ccccc2)cc1. The second-order valence-corrected chi connectivity index (χ2v) is 7.20. The topological polar surface area (TPSA) is 55.8 Å². The van der Waals surface area contributed by atoms with Crippen LogP contribution in [0.15, 0.2) is 84.9 Å². The Morgan fingerprint density at radius 2 is 1.50 bits per heavy atom. The Kier molecular flexibility index (Phi) is 5.80. The highest BCUT2D eigenvalue weighted by atomic mass is 16.5. The molecule has 4 rings (SSSR count). The van der Waals surface area contributed by atoms with Crippen LogP contribution in [0.5, 0.6) is 11.5 Å². The normalized spacial score (nSPS) is 18.7. The van der Waals surface area contributed by atoms with Gasteiger partial charge in [0.1, 0.15) is 11.5 Å². The van der Waals surface area contributed by atoms with E-state index >= 15 is 0 Å². The van der Waals surface area contributed by atoms with Gasteiger partial charge in [-0.15, -0.1) is 0 Å². The number of benzene rings is 3. The molecule has 3 aromatic rings. The molecule has 152 valence electrons. The molecule has 3 aromatic carbocycles. The number of nitrogens with zero attached hydrogens (tertiary/aromatic N) is 1. The molecule has 30 heavy (non-hydrogen) atoms. The van der Waals surface area contributed by atoms with Crippen LogP contribution in [-0.2, 0) is 9.59 Å². The second kappa shape index (κ2) is 8.82.